The Morgan fingerprint density at radius 3 is 1.44 bits per heavy atom. The number of methoxy groups -OCH3 is 3. The highest BCUT2D eigenvalue weighted by Crippen LogP contribution is 2.28. The van der Waals surface area contributed by atoms with E-state index in [2.05, 4.69) is 64.7 Å². The van der Waals surface area contributed by atoms with Crippen LogP contribution in [0, 0.1) is 0 Å². The first kappa shape index (κ1) is 40.4. The van der Waals surface area contributed by atoms with Crippen LogP contribution in [0.25, 0.3) is 22.8 Å². The summed E-state index contributed by atoms with van der Waals surface area (Å²) in [5, 5.41) is 2.72. The van der Waals surface area contributed by atoms with E-state index in [4.69, 9.17) is 35.8 Å². The smallest absolute Gasteiger partial charge is 0.205 e. The number of nitrogens with zero attached hydrogens (tertiary/aromatic N) is 8. The average Bonchev–Trinajstić information content (AvgIpc) is 3.98. The van der Waals surface area contributed by atoms with Crippen LogP contribution >= 0.6 is 34.7 Å². The molecule has 0 unspecified atom stereocenters. The van der Waals surface area contributed by atoms with Crippen LogP contribution < -0.4 is 24.0 Å². The Morgan fingerprint density at radius 2 is 0.965 bits per heavy atom. The fraction of sp³-hybridized carbons (Fsp3) is 0.349. The van der Waals surface area contributed by atoms with Gasteiger partial charge in [-0.1, -0.05) is 48.0 Å². The van der Waals surface area contributed by atoms with Crippen LogP contribution in [-0.4, -0.2) is 115 Å². The van der Waals surface area contributed by atoms with Crippen LogP contribution in [0.4, 0.5) is 10.3 Å². The zero-order valence-electron chi connectivity index (χ0n) is 32.7. The van der Waals surface area contributed by atoms with Crippen molar-refractivity contribution in [2.45, 2.75) is 12.8 Å². The molecule has 298 valence electrons. The van der Waals surface area contributed by atoms with Gasteiger partial charge in [0.25, 0.3) is 0 Å². The molecular formula is C43H49ClN8O3S2. The summed E-state index contributed by atoms with van der Waals surface area (Å²) in [5.41, 5.74) is 4.63. The van der Waals surface area contributed by atoms with Gasteiger partial charge in [-0.25, -0.2) is 0 Å². The van der Waals surface area contributed by atoms with Gasteiger partial charge >= 0.3 is 0 Å². The highest BCUT2D eigenvalue weighted by Gasteiger charge is 2.22. The van der Waals surface area contributed by atoms with Gasteiger partial charge in [-0.15, -0.1) is 0 Å². The molecule has 8 rings (SSSR count). The molecule has 0 radical (unpaired) electrons. The van der Waals surface area contributed by atoms with Crippen molar-refractivity contribution in [3.63, 3.8) is 0 Å². The minimum Gasteiger partial charge on any atom is -0.497 e. The summed E-state index contributed by atoms with van der Waals surface area (Å²) in [6.45, 7) is 10.2. The Kier molecular flexibility index (Phi) is 14.2. The van der Waals surface area contributed by atoms with Crippen LogP contribution in [0.5, 0.6) is 17.2 Å². The minimum atomic E-state index is 0.726. The normalized spacial score (nSPS) is 14.9. The van der Waals surface area contributed by atoms with Crippen molar-refractivity contribution in [2.24, 2.45) is 0 Å². The molecule has 6 aromatic rings. The molecule has 14 heteroatoms. The molecule has 2 saturated heterocycles. The maximum absolute atomic E-state index is 5.96. The topological polar surface area (TPSA) is 92.2 Å². The second-order valence-electron chi connectivity index (χ2n) is 13.9. The molecule has 2 fully saturated rings. The van der Waals surface area contributed by atoms with E-state index < -0.39 is 0 Å². The van der Waals surface area contributed by atoms with E-state index in [1.54, 1.807) is 21.3 Å². The Bertz CT molecular complexity index is 2150. The first-order chi connectivity index (χ1) is 28.0. The number of hydrogen-bond acceptors (Lipinski definition) is 13. The molecule has 4 heterocycles. The number of piperazine rings is 2. The second-order valence-corrected chi connectivity index (χ2v) is 15.8. The van der Waals surface area contributed by atoms with E-state index in [0.29, 0.717) is 0 Å². The predicted molar refractivity (Wildman–Crippen MR) is 233 cm³/mol. The van der Waals surface area contributed by atoms with E-state index in [-0.39, 0.29) is 0 Å². The fourth-order valence-corrected chi connectivity index (χ4v) is 8.44. The van der Waals surface area contributed by atoms with Crippen LogP contribution in [0.3, 0.4) is 0 Å². The summed E-state index contributed by atoms with van der Waals surface area (Å²) in [4.78, 5) is 19.2. The van der Waals surface area contributed by atoms with Gasteiger partial charge in [0, 0.05) is 105 Å². The van der Waals surface area contributed by atoms with E-state index in [1.165, 1.54) is 34.2 Å². The van der Waals surface area contributed by atoms with Gasteiger partial charge in [0.2, 0.25) is 10.3 Å². The number of halogens is 1. The standard InChI is InChI=1S/C22H26N4O2S.C21H23ClN4OS/c1-27-19-7-3-5-17(15-19)9-10-25-11-13-26(14-12-25)22-23-21(24-29-22)18-6-4-8-20(16-18)28-2;1-27-19-4-2-3-16(15-19)9-10-25-11-13-26(14-12-25)21-23-20(24-28-21)17-5-7-18(22)8-6-17/h3-8,15-16H,9-14H2,1-2H3;2-8,15H,9-14H2,1H3. The summed E-state index contributed by atoms with van der Waals surface area (Å²) in [7, 11) is 5.10. The molecule has 57 heavy (non-hydrogen) atoms. The maximum atomic E-state index is 5.96. The van der Waals surface area contributed by atoms with Crippen molar-refractivity contribution < 1.29 is 14.2 Å². The lowest BCUT2D eigenvalue weighted by Gasteiger charge is -2.34. The summed E-state index contributed by atoms with van der Waals surface area (Å²) < 4.78 is 25.0. The van der Waals surface area contributed by atoms with Crippen LogP contribution in [-0.2, 0) is 12.8 Å². The molecule has 0 amide bonds. The number of rotatable bonds is 13. The molecule has 0 spiro atoms. The molecule has 2 aliphatic rings. The third kappa shape index (κ3) is 11.2. The minimum absolute atomic E-state index is 0.726. The Morgan fingerprint density at radius 1 is 0.526 bits per heavy atom. The van der Waals surface area contributed by atoms with E-state index in [1.807, 2.05) is 60.7 Å². The van der Waals surface area contributed by atoms with Gasteiger partial charge in [0.1, 0.15) is 17.2 Å². The molecule has 0 atom stereocenters. The summed E-state index contributed by atoms with van der Waals surface area (Å²) >= 11 is 8.90. The SMILES string of the molecule is COc1cccc(CCN2CCN(c3nc(-c4ccc(Cl)cc4)ns3)CC2)c1.COc1cccc(CCN2CCN(c3nc(-c4cccc(OC)c4)ns3)CC2)c1. The number of aromatic nitrogens is 4. The van der Waals surface area contributed by atoms with Crippen LogP contribution in [0.2, 0.25) is 5.02 Å². The zero-order valence-corrected chi connectivity index (χ0v) is 35.1. The molecule has 0 N–H and O–H groups in total. The van der Waals surface area contributed by atoms with Crippen molar-refractivity contribution in [3.05, 3.63) is 113 Å². The van der Waals surface area contributed by atoms with E-state index in [9.17, 15) is 0 Å². The summed E-state index contributed by atoms with van der Waals surface area (Å²) in [6, 6.07) is 32.2. The molecule has 0 saturated carbocycles. The zero-order chi connectivity index (χ0) is 39.4. The van der Waals surface area contributed by atoms with Crippen molar-refractivity contribution in [1.82, 2.24) is 28.5 Å². The van der Waals surface area contributed by atoms with Crippen LogP contribution in [0.1, 0.15) is 11.1 Å². The molecule has 0 aliphatic carbocycles. The highest BCUT2D eigenvalue weighted by molar-refractivity contribution is 7.10. The third-order valence-electron chi connectivity index (χ3n) is 10.2. The second kappa shape index (κ2) is 20.1. The van der Waals surface area contributed by atoms with Crippen LogP contribution in [0.15, 0.2) is 97.1 Å². The Balaban J connectivity index is 0.000000174. The van der Waals surface area contributed by atoms with Crippen molar-refractivity contribution in [1.29, 1.82) is 0 Å². The van der Waals surface area contributed by atoms with E-state index >= 15 is 0 Å². The van der Waals surface area contributed by atoms with Gasteiger partial charge in [-0.2, -0.15) is 18.7 Å². The Hall–Kier alpha value is -4.79. The molecule has 2 aromatic heterocycles. The number of anilines is 2. The molecule has 4 aromatic carbocycles. The van der Waals surface area contributed by atoms with Gasteiger partial charge in [-0.05, 0) is 84.6 Å². The Labute approximate surface area is 348 Å². The number of ether oxygens (including phenoxy) is 3. The largest absolute Gasteiger partial charge is 0.497 e. The highest BCUT2D eigenvalue weighted by atomic mass is 35.5. The predicted octanol–water partition coefficient (Wildman–Crippen LogP) is 7.82. The summed E-state index contributed by atoms with van der Waals surface area (Å²) in [6.07, 6.45) is 2.08. The lowest BCUT2D eigenvalue weighted by Crippen LogP contribution is -2.47. The van der Waals surface area contributed by atoms with Gasteiger partial charge < -0.3 is 24.0 Å². The first-order valence-electron chi connectivity index (χ1n) is 19.2. The molecular weight excluding hydrogens is 776 g/mol. The third-order valence-corrected chi connectivity index (χ3v) is 12.1. The van der Waals surface area contributed by atoms with E-state index in [0.717, 1.165) is 134 Å². The fourth-order valence-electron chi connectivity index (χ4n) is 6.84. The van der Waals surface area contributed by atoms with Crippen molar-refractivity contribution in [3.8, 4) is 40.0 Å². The quantitative estimate of drug-likeness (QED) is 0.114. The molecule has 0 bridgehead atoms. The number of benzene rings is 4. The maximum Gasteiger partial charge on any atom is 0.205 e. The van der Waals surface area contributed by atoms with Crippen molar-refractivity contribution >= 4 is 44.9 Å². The average molecular weight is 826 g/mol. The van der Waals surface area contributed by atoms with Gasteiger partial charge in [0.15, 0.2) is 11.6 Å². The molecule has 2 aliphatic heterocycles. The molecule has 11 nitrogen and oxygen atoms in total. The first-order valence-corrected chi connectivity index (χ1v) is 21.2. The lowest BCUT2D eigenvalue weighted by molar-refractivity contribution is 0.261. The lowest BCUT2D eigenvalue weighted by atomic mass is 10.1. The summed E-state index contributed by atoms with van der Waals surface area (Å²) in [5.74, 6) is 4.22. The number of hydrogen-bond donors (Lipinski definition) is 0. The van der Waals surface area contributed by atoms with Gasteiger partial charge in [-0.3, -0.25) is 9.80 Å². The van der Waals surface area contributed by atoms with Gasteiger partial charge in [0.05, 0.1) is 21.3 Å². The van der Waals surface area contributed by atoms with Crippen molar-refractivity contribution in [2.75, 3.05) is 96.6 Å². The monoisotopic (exact) mass is 824 g/mol.